The number of rotatable bonds is 5. The van der Waals surface area contributed by atoms with Crippen molar-refractivity contribution < 1.29 is 4.79 Å². The van der Waals surface area contributed by atoms with Crippen LogP contribution in [0.2, 0.25) is 0 Å². The monoisotopic (exact) mass is 452 g/mol. The SMILES string of the molecule is C#CC(=O)N1CCN(c2ccc(-c3cc(-c4cnn(C)c4)cn4ncc(CN=C)c34)cn2)CC1. The third kappa shape index (κ3) is 3.90. The molecule has 0 spiro atoms. The molecule has 4 aromatic rings. The smallest absolute Gasteiger partial charge is 0.298 e. The molecule has 170 valence electrons. The van der Waals surface area contributed by atoms with E-state index in [4.69, 9.17) is 11.4 Å². The van der Waals surface area contributed by atoms with Gasteiger partial charge in [-0.1, -0.05) is 0 Å². The van der Waals surface area contributed by atoms with Gasteiger partial charge in [-0.2, -0.15) is 10.2 Å². The van der Waals surface area contributed by atoms with Crippen molar-refractivity contribution in [2.45, 2.75) is 6.54 Å². The van der Waals surface area contributed by atoms with E-state index in [0.29, 0.717) is 32.7 Å². The van der Waals surface area contributed by atoms with E-state index in [1.165, 1.54) is 0 Å². The van der Waals surface area contributed by atoms with E-state index < -0.39 is 0 Å². The molecule has 0 aromatic carbocycles. The molecular weight excluding hydrogens is 428 g/mol. The molecule has 0 unspecified atom stereocenters. The third-order valence-electron chi connectivity index (χ3n) is 6.08. The molecule has 0 radical (unpaired) electrons. The van der Waals surface area contributed by atoms with Gasteiger partial charge in [0.1, 0.15) is 5.82 Å². The second-order valence-corrected chi connectivity index (χ2v) is 8.22. The molecule has 0 aliphatic carbocycles. The lowest BCUT2D eigenvalue weighted by atomic mass is 10.0. The van der Waals surface area contributed by atoms with Gasteiger partial charge in [0.15, 0.2) is 0 Å². The summed E-state index contributed by atoms with van der Waals surface area (Å²) in [5.74, 6) is 2.80. The summed E-state index contributed by atoms with van der Waals surface area (Å²) in [5.41, 5.74) is 5.99. The second-order valence-electron chi connectivity index (χ2n) is 8.22. The number of hydrogen-bond donors (Lipinski definition) is 0. The molecule has 9 heteroatoms. The van der Waals surface area contributed by atoms with Gasteiger partial charge in [-0.25, -0.2) is 9.50 Å². The zero-order chi connectivity index (χ0) is 23.7. The van der Waals surface area contributed by atoms with Gasteiger partial charge in [-0.15, -0.1) is 6.42 Å². The average molecular weight is 453 g/mol. The Morgan fingerprint density at radius 1 is 1.09 bits per heavy atom. The van der Waals surface area contributed by atoms with Crippen LogP contribution in [0.3, 0.4) is 0 Å². The molecule has 0 bridgehead atoms. The number of aliphatic imine (C=N–C) groups is 1. The van der Waals surface area contributed by atoms with Crippen LogP contribution in [0.5, 0.6) is 0 Å². The molecule has 0 saturated carbocycles. The van der Waals surface area contributed by atoms with E-state index in [0.717, 1.165) is 39.2 Å². The van der Waals surface area contributed by atoms with E-state index >= 15 is 0 Å². The van der Waals surface area contributed by atoms with Crippen molar-refractivity contribution in [1.29, 1.82) is 0 Å². The van der Waals surface area contributed by atoms with Crippen LogP contribution in [-0.2, 0) is 18.4 Å². The first-order chi connectivity index (χ1) is 16.6. The summed E-state index contributed by atoms with van der Waals surface area (Å²) in [7, 11) is 1.90. The number of pyridine rings is 2. The number of piperazine rings is 1. The number of anilines is 1. The zero-order valence-corrected chi connectivity index (χ0v) is 18.9. The number of terminal acetylenes is 1. The minimum Gasteiger partial charge on any atom is -0.353 e. The Hall–Kier alpha value is -4.45. The Balaban J connectivity index is 1.49. The lowest BCUT2D eigenvalue weighted by molar-refractivity contribution is -0.125. The number of hydrogen-bond acceptors (Lipinski definition) is 6. The van der Waals surface area contributed by atoms with E-state index in [1.54, 1.807) is 9.58 Å². The number of carbonyl (C=O) groups excluding carboxylic acids is 1. The molecule has 0 atom stereocenters. The van der Waals surface area contributed by atoms with Crippen molar-refractivity contribution in [3.63, 3.8) is 0 Å². The molecule has 1 aliphatic heterocycles. The van der Waals surface area contributed by atoms with Crippen LogP contribution in [0.1, 0.15) is 5.56 Å². The van der Waals surface area contributed by atoms with Gasteiger partial charge in [0.05, 0.1) is 24.5 Å². The minimum absolute atomic E-state index is 0.258. The summed E-state index contributed by atoms with van der Waals surface area (Å²) in [6, 6.07) is 6.23. The molecule has 4 aromatic heterocycles. The average Bonchev–Trinajstić information content (AvgIpc) is 3.50. The fourth-order valence-corrected chi connectivity index (χ4v) is 4.33. The first-order valence-electron chi connectivity index (χ1n) is 11.0. The Kier molecular flexibility index (Phi) is 5.55. The van der Waals surface area contributed by atoms with Crippen molar-refractivity contribution >= 4 is 24.0 Å². The summed E-state index contributed by atoms with van der Waals surface area (Å²) in [6.45, 7) is 6.70. The summed E-state index contributed by atoms with van der Waals surface area (Å²) in [4.78, 5) is 24.4. The highest BCUT2D eigenvalue weighted by molar-refractivity contribution is 5.93. The highest BCUT2D eigenvalue weighted by Crippen LogP contribution is 2.32. The fourth-order valence-electron chi connectivity index (χ4n) is 4.33. The molecule has 1 fully saturated rings. The molecule has 1 saturated heterocycles. The highest BCUT2D eigenvalue weighted by Gasteiger charge is 2.21. The van der Waals surface area contributed by atoms with E-state index in [-0.39, 0.29) is 5.91 Å². The van der Waals surface area contributed by atoms with Gasteiger partial charge in [0.25, 0.3) is 5.91 Å². The Labute approximate surface area is 197 Å². The predicted molar refractivity (Wildman–Crippen MR) is 132 cm³/mol. The molecule has 1 aliphatic rings. The molecule has 5 heterocycles. The largest absolute Gasteiger partial charge is 0.353 e. The summed E-state index contributed by atoms with van der Waals surface area (Å²) >= 11 is 0. The van der Waals surface area contributed by atoms with Crippen LogP contribution in [0.25, 0.3) is 27.8 Å². The van der Waals surface area contributed by atoms with E-state index in [2.05, 4.69) is 44.9 Å². The van der Waals surface area contributed by atoms with E-state index in [9.17, 15) is 4.79 Å². The lowest BCUT2D eigenvalue weighted by Gasteiger charge is -2.34. The van der Waals surface area contributed by atoms with Crippen molar-refractivity contribution in [3.05, 3.63) is 54.7 Å². The summed E-state index contributed by atoms with van der Waals surface area (Å²) in [5, 5.41) is 8.87. The van der Waals surface area contributed by atoms with Gasteiger partial charge in [-0.05, 0) is 30.8 Å². The maximum absolute atomic E-state index is 11.7. The number of amides is 1. The third-order valence-corrected chi connectivity index (χ3v) is 6.08. The quantitative estimate of drug-likeness (QED) is 0.343. The van der Waals surface area contributed by atoms with Crippen LogP contribution in [0.4, 0.5) is 5.82 Å². The fraction of sp³-hybridized carbons (Fsp3) is 0.240. The second kappa shape index (κ2) is 8.83. The lowest BCUT2D eigenvalue weighted by Crippen LogP contribution is -2.48. The van der Waals surface area contributed by atoms with Crippen LogP contribution in [0, 0.1) is 12.3 Å². The van der Waals surface area contributed by atoms with Gasteiger partial charge in [0.2, 0.25) is 0 Å². The van der Waals surface area contributed by atoms with Gasteiger partial charge >= 0.3 is 0 Å². The number of nitrogens with zero attached hydrogens (tertiary/aromatic N) is 8. The predicted octanol–water partition coefficient (Wildman–Crippen LogP) is 2.28. The molecule has 1 amide bonds. The van der Waals surface area contributed by atoms with Crippen molar-refractivity contribution in [2.75, 3.05) is 31.1 Å². The summed E-state index contributed by atoms with van der Waals surface area (Å²) < 4.78 is 3.66. The normalized spacial score (nSPS) is 13.8. The Morgan fingerprint density at radius 3 is 2.56 bits per heavy atom. The molecular formula is C25H24N8O. The van der Waals surface area contributed by atoms with Gasteiger partial charge < -0.3 is 9.80 Å². The Bertz CT molecular complexity index is 1400. The summed E-state index contributed by atoms with van der Waals surface area (Å²) in [6.07, 6.45) is 14.8. The maximum Gasteiger partial charge on any atom is 0.298 e. The van der Waals surface area contributed by atoms with E-state index in [1.807, 2.05) is 48.6 Å². The number of fused-ring (bicyclic) bond motifs is 1. The van der Waals surface area contributed by atoms with Crippen molar-refractivity contribution in [1.82, 2.24) is 29.3 Å². The van der Waals surface area contributed by atoms with Gasteiger partial charge in [-0.3, -0.25) is 14.5 Å². The first-order valence-corrected chi connectivity index (χ1v) is 11.0. The molecule has 34 heavy (non-hydrogen) atoms. The molecule has 0 N–H and O–H groups in total. The van der Waals surface area contributed by atoms with Crippen LogP contribution >= 0.6 is 0 Å². The standard InChI is InChI=1S/C25H24N8O/c1-4-24(34)32-9-7-31(8-10-32)23-6-5-18(13-27-23)22-11-19(21-15-28-30(3)16-21)17-33-25(22)20(12-26-2)14-29-33/h1,5-6,11,13-17H,2,7-10,12H2,3H3. The maximum atomic E-state index is 11.7. The van der Waals surface area contributed by atoms with Gasteiger partial charge in [0, 0.05) is 79.6 Å². The first kappa shape index (κ1) is 21.4. The number of aryl methyl sites for hydroxylation is 1. The molecule has 5 rings (SSSR count). The topological polar surface area (TPSA) is 83.9 Å². The van der Waals surface area contributed by atoms with Crippen molar-refractivity contribution in [3.8, 4) is 34.6 Å². The van der Waals surface area contributed by atoms with Crippen LogP contribution < -0.4 is 4.90 Å². The Morgan fingerprint density at radius 2 is 1.91 bits per heavy atom. The minimum atomic E-state index is -0.258. The van der Waals surface area contributed by atoms with Crippen LogP contribution in [0.15, 0.2) is 54.2 Å². The van der Waals surface area contributed by atoms with Crippen LogP contribution in [-0.4, -0.2) is 68.1 Å². The molecule has 9 nitrogen and oxygen atoms in total. The number of carbonyl (C=O) groups is 1. The zero-order valence-electron chi connectivity index (χ0n) is 18.9. The van der Waals surface area contributed by atoms with Crippen molar-refractivity contribution in [2.24, 2.45) is 12.0 Å². The number of aromatic nitrogens is 5. The highest BCUT2D eigenvalue weighted by atomic mass is 16.2.